The van der Waals surface area contributed by atoms with Gasteiger partial charge in [-0.15, -0.1) is 0 Å². The van der Waals surface area contributed by atoms with Gasteiger partial charge in [-0.05, 0) is 50.2 Å². The minimum atomic E-state index is -0.392. The number of anilines is 1. The first kappa shape index (κ1) is 17.5. The largest absolute Gasteiger partial charge is 0.462 e. The molecule has 3 rings (SSSR count). The first-order valence-corrected chi connectivity index (χ1v) is 8.23. The van der Waals surface area contributed by atoms with Gasteiger partial charge in [-0.2, -0.15) is 0 Å². The second kappa shape index (κ2) is 7.69. The number of aromatic nitrogens is 1. The predicted octanol–water partition coefficient (Wildman–Crippen LogP) is 3.63. The summed E-state index contributed by atoms with van der Waals surface area (Å²) < 4.78 is 10.2. The molecule has 0 radical (unpaired) electrons. The zero-order valence-electron chi connectivity index (χ0n) is 14.5. The van der Waals surface area contributed by atoms with Crippen LogP contribution in [-0.4, -0.2) is 23.8 Å². The minimum absolute atomic E-state index is 0.239. The normalized spacial score (nSPS) is 10.5. The number of carbonyl (C=O) groups is 2. The van der Waals surface area contributed by atoms with Crippen molar-refractivity contribution >= 4 is 28.7 Å². The molecule has 134 valence electrons. The zero-order valence-corrected chi connectivity index (χ0v) is 14.5. The second-order valence-corrected chi connectivity index (χ2v) is 5.73. The molecule has 1 heterocycles. The first-order chi connectivity index (χ1) is 12.6. The van der Waals surface area contributed by atoms with Crippen molar-refractivity contribution in [1.82, 2.24) is 10.5 Å². The van der Waals surface area contributed by atoms with E-state index in [2.05, 4.69) is 15.8 Å². The molecular weight excluding hydrogens is 334 g/mol. The maximum atomic E-state index is 12.1. The number of aryl methyl sites for hydroxylation is 1. The van der Waals surface area contributed by atoms with E-state index in [1.807, 2.05) is 25.1 Å². The number of urea groups is 1. The van der Waals surface area contributed by atoms with Crippen molar-refractivity contribution in [3.8, 4) is 0 Å². The molecule has 7 nitrogen and oxygen atoms in total. The highest BCUT2D eigenvalue weighted by atomic mass is 16.5. The van der Waals surface area contributed by atoms with Gasteiger partial charge in [-0.3, -0.25) is 0 Å². The molecular formula is C19H19N3O4. The number of amides is 2. The molecule has 2 aromatic carbocycles. The molecule has 7 heteroatoms. The summed E-state index contributed by atoms with van der Waals surface area (Å²) in [6.07, 6.45) is 0. The van der Waals surface area contributed by atoms with E-state index in [9.17, 15) is 9.59 Å². The lowest BCUT2D eigenvalue weighted by atomic mass is 10.1. The molecule has 0 bridgehead atoms. The number of ether oxygens (including phenoxy) is 1. The lowest BCUT2D eigenvalue weighted by Crippen LogP contribution is -2.28. The van der Waals surface area contributed by atoms with Crippen molar-refractivity contribution in [2.75, 3.05) is 11.9 Å². The fourth-order valence-electron chi connectivity index (χ4n) is 2.47. The van der Waals surface area contributed by atoms with Crippen LogP contribution in [0.15, 0.2) is 47.0 Å². The van der Waals surface area contributed by atoms with Gasteiger partial charge < -0.3 is 19.9 Å². The Morgan fingerprint density at radius 1 is 1.15 bits per heavy atom. The van der Waals surface area contributed by atoms with Gasteiger partial charge in [0.1, 0.15) is 5.69 Å². The van der Waals surface area contributed by atoms with Crippen molar-refractivity contribution in [1.29, 1.82) is 0 Å². The van der Waals surface area contributed by atoms with Crippen LogP contribution in [0.3, 0.4) is 0 Å². The highest BCUT2D eigenvalue weighted by Crippen LogP contribution is 2.19. The molecule has 3 aromatic rings. The third-order valence-corrected chi connectivity index (χ3v) is 3.77. The maximum Gasteiger partial charge on any atom is 0.338 e. The van der Waals surface area contributed by atoms with Crippen molar-refractivity contribution in [2.45, 2.75) is 20.4 Å². The average molecular weight is 353 g/mol. The molecule has 0 aliphatic rings. The van der Waals surface area contributed by atoms with Gasteiger partial charge in [-0.1, -0.05) is 16.8 Å². The quantitative estimate of drug-likeness (QED) is 0.683. The van der Waals surface area contributed by atoms with E-state index in [4.69, 9.17) is 9.26 Å². The fourth-order valence-corrected chi connectivity index (χ4v) is 2.47. The van der Waals surface area contributed by atoms with E-state index in [1.54, 1.807) is 31.2 Å². The van der Waals surface area contributed by atoms with Crippen LogP contribution in [0, 0.1) is 6.92 Å². The molecule has 26 heavy (non-hydrogen) atoms. The number of carbonyl (C=O) groups excluding carboxylic acids is 2. The van der Waals surface area contributed by atoms with Crippen molar-refractivity contribution in [3.63, 3.8) is 0 Å². The molecule has 0 saturated heterocycles. The highest BCUT2D eigenvalue weighted by Gasteiger charge is 2.10. The predicted molar refractivity (Wildman–Crippen MR) is 97.0 cm³/mol. The topological polar surface area (TPSA) is 93.5 Å². The highest BCUT2D eigenvalue weighted by molar-refractivity contribution is 5.92. The Bertz CT molecular complexity index is 932. The van der Waals surface area contributed by atoms with E-state index in [0.29, 0.717) is 29.1 Å². The van der Waals surface area contributed by atoms with Gasteiger partial charge in [0.05, 0.1) is 18.7 Å². The fraction of sp³-hybridized carbons (Fsp3) is 0.211. The standard InChI is InChI=1S/C19H19N3O4/c1-3-25-18(23)13-5-7-14(8-6-13)21-19(24)20-11-16-15-10-12(2)4-9-17(15)26-22-16/h4-10H,3,11H2,1-2H3,(H2,20,21,24). The van der Waals surface area contributed by atoms with E-state index in [1.165, 1.54) is 0 Å². The summed E-state index contributed by atoms with van der Waals surface area (Å²) in [5.41, 5.74) is 3.44. The number of benzene rings is 2. The Morgan fingerprint density at radius 3 is 2.65 bits per heavy atom. The van der Waals surface area contributed by atoms with E-state index >= 15 is 0 Å². The first-order valence-electron chi connectivity index (χ1n) is 8.23. The van der Waals surface area contributed by atoms with Crippen LogP contribution in [0.1, 0.15) is 28.5 Å². The minimum Gasteiger partial charge on any atom is -0.462 e. The lowest BCUT2D eigenvalue weighted by Gasteiger charge is -2.07. The number of fused-ring (bicyclic) bond motifs is 1. The smallest absolute Gasteiger partial charge is 0.338 e. The molecule has 0 spiro atoms. The van der Waals surface area contributed by atoms with Gasteiger partial charge in [0.25, 0.3) is 0 Å². The third-order valence-electron chi connectivity index (χ3n) is 3.77. The van der Waals surface area contributed by atoms with Crippen LogP contribution in [0.25, 0.3) is 11.0 Å². The molecule has 2 amide bonds. The van der Waals surface area contributed by atoms with Gasteiger partial charge in [0, 0.05) is 11.1 Å². The summed E-state index contributed by atoms with van der Waals surface area (Å²) >= 11 is 0. The maximum absolute atomic E-state index is 12.1. The monoisotopic (exact) mass is 353 g/mol. The molecule has 0 atom stereocenters. The summed E-state index contributed by atoms with van der Waals surface area (Å²) in [4.78, 5) is 23.7. The Kier molecular flexibility index (Phi) is 5.17. The second-order valence-electron chi connectivity index (χ2n) is 5.73. The summed E-state index contributed by atoms with van der Waals surface area (Å²) in [6.45, 7) is 4.29. The number of nitrogens with zero attached hydrogens (tertiary/aromatic N) is 1. The van der Waals surface area contributed by atoms with E-state index in [-0.39, 0.29) is 12.6 Å². The van der Waals surface area contributed by atoms with Crippen LogP contribution in [0.2, 0.25) is 0 Å². The van der Waals surface area contributed by atoms with Crippen molar-refractivity contribution in [3.05, 3.63) is 59.3 Å². The van der Waals surface area contributed by atoms with Crippen molar-refractivity contribution < 1.29 is 18.8 Å². The van der Waals surface area contributed by atoms with Crippen LogP contribution in [0.5, 0.6) is 0 Å². The lowest BCUT2D eigenvalue weighted by molar-refractivity contribution is 0.0526. The Morgan fingerprint density at radius 2 is 1.92 bits per heavy atom. The van der Waals surface area contributed by atoms with Gasteiger partial charge in [0.15, 0.2) is 5.58 Å². The molecule has 2 N–H and O–H groups in total. The van der Waals surface area contributed by atoms with Crippen LogP contribution in [0.4, 0.5) is 10.5 Å². The van der Waals surface area contributed by atoms with Crippen LogP contribution in [-0.2, 0) is 11.3 Å². The van der Waals surface area contributed by atoms with Gasteiger partial charge in [-0.25, -0.2) is 9.59 Å². The SMILES string of the molecule is CCOC(=O)c1ccc(NC(=O)NCc2noc3ccc(C)cc23)cc1. The van der Waals surface area contributed by atoms with Crippen molar-refractivity contribution in [2.24, 2.45) is 0 Å². The van der Waals surface area contributed by atoms with E-state index < -0.39 is 5.97 Å². The van der Waals surface area contributed by atoms with Gasteiger partial charge >= 0.3 is 12.0 Å². The number of esters is 1. The zero-order chi connectivity index (χ0) is 18.5. The molecule has 0 aliphatic carbocycles. The number of hydrogen-bond acceptors (Lipinski definition) is 5. The Labute approximate surface area is 150 Å². The third kappa shape index (κ3) is 4.00. The van der Waals surface area contributed by atoms with Gasteiger partial charge in [0.2, 0.25) is 0 Å². The summed E-state index contributed by atoms with van der Waals surface area (Å²) in [5, 5.41) is 10.3. The molecule has 0 saturated carbocycles. The summed E-state index contributed by atoms with van der Waals surface area (Å²) in [6, 6.07) is 11.9. The summed E-state index contributed by atoms with van der Waals surface area (Å²) in [7, 11) is 0. The summed E-state index contributed by atoms with van der Waals surface area (Å²) in [5.74, 6) is -0.392. The molecule has 0 unspecified atom stereocenters. The number of nitrogens with one attached hydrogen (secondary N) is 2. The Balaban J connectivity index is 1.58. The van der Waals surface area contributed by atoms with E-state index in [0.717, 1.165) is 10.9 Å². The molecule has 1 aromatic heterocycles. The number of rotatable bonds is 5. The molecule has 0 aliphatic heterocycles. The molecule has 0 fully saturated rings. The average Bonchev–Trinajstić information content (AvgIpc) is 3.03. The van der Waals surface area contributed by atoms with Crippen LogP contribution < -0.4 is 10.6 Å². The van der Waals surface area contributed by atoms with Crippen LogP contribution >= 0.6 is 0 Å². The Hall–Kier alpha value is -3.35. The number of hydrogen-bond donors (Lipinski definition) is 2.